The van der Waals surface area contributed by atoms with Crippen molar-refractivity contribution in [1.29, 1.82) is 0 Å². The summed E-state index contributed by atoms with van der Waals surface area (Å²) in [4.78, 5) is 47.6. The quantitative estimate of drug-likeness (QED) is 0.148. The smallest absolute Gasteiger partial charge is 0.275 e. The van der Waals surface area contributed by atoms with E-state index in [1.165, 1.54) is 60.7 Å². The third-order valence-electron chi connectivity index (χ3n) is 5.81. The van der Waals surface area contributed by atoms with Crippen LogP contribution in [0, 0.1) is 20.2 Å². The Kier molecular flexibility index (Phi) is 9.09. The van der Waals surface area contributed by atoms with E-state index in [1.54, 1.807) is 0 Å². The summed E-state index contributed by atoms with van der Waals surface area (Å²) in [6, 6.07) is 16.5. The van der Waals surface area contributed by atoms with E-state index < -0.39 is 21.7 Å². The summed E-state index contributed by atoms with van der Waals surface area (Å²) >= 11 is 23.9. The van der Waals surface area contributed by atoms with Crippen LogP contribution < -0.4 is 10.6 Å². The Bertz CT molecular complexity index is 1610. The van der Waals surface area contributed by atoms with Gasteiger partial charge < -0.3 is 10.6 Å². The highest BCUT2D eigenvalue weighted by Crippen LogP contribution is 2.32. The van der Waals surface area contributed by atoms with Gasteiger partial charge in [-0.1, -0.05) is 46.4 Å². The molecule has 0 bridgehead atoms. The molecule has 41 heavy (non-hydrogen) atoms. The van der Waals surface area contributed by atoms with E-state index in [9.17, 15) is 29.8 Å². The zero-order chi connectivity index (χ0) is 29.8. The van der Waals surface area contributed by atoms with Crippen molar-refractivity contribution in [3.63, 3.8) is 0 Å². The van der Waals surface area contributed by atoms with Crippen LogP contribution >= 0.6 is 46.4 Å². The first-order valence-corrected chi connectivity index (χ1v) is 13.0. The van der Waals surface area contributed by atoms with Gasteiger partial charge in [0.05, 0.1) is 31.0 Å². The van der Waals surface area contributed by atoms with Gasteiger partial charge in [0.15, 0.2) is 0 Å². The van der Waals surface area contributed by atoms with Crippen LogP contribution in [0.5, 0.6) is 0 Å². The first kappa shape index (κ1) is 29.8. The maximum Gasteiger partial charge on any atom is 0.275 e. The fourth-order valence-corrected chi connectivity index (χ4v) is 4.86. The largest absolute Gasteiger partial charge is 0.322 e. The van der Waals surface area contributed by atoms with E-state index in [0.29, 0.717) is 10.0 Å². The number of hydrogen-bond donors (Lipinski definition) is 2. The molecule has 0 aromatic heterocycles. The second-order valence-electron chi connectivity index (χ2n) is 8.53. The minimum Gasteiger partial charge on any atom is -0.322 e. The molecule has 14 heteroatoms. The highest BCUT2D eigenvalue weighted by atomic mass is 35.5. The van der Waals surface area contributed by atoms with Crippen LogP contribution in [0.1, 0.15) is 31.8 Å². The lowest BCUT2D eigenvalue weighted by Crippen LogP contribution is -2.13. The Hall–Kier alpha value is -4.22. The summed E-state index contributed by atoms with van der Waals surface area (Å²) in [5, 5.41) is 29.7. The SMILES string of the molecule is O=C(Nc1ccc(Cc2ccc(NC(=O)c3ccc(Cl)cc3Cl)cc2[N+](=O)[O-])c([N+](=O)[O-])c1)c1ccc(Cl)cc1Cl. The molecule has 0 radical (unpaired) electrons. The first-order valence-electron chi connectivity index (χ1n) is 11.5. The van der Waals surface area contributed by atoms with Crippen LogP contribution in [0.4, 0.5) is 22.7 Å². The molecule has 4 aromatic rings. The lowest BCUT2D eigenvalue weighted by Gasteiger charge is -2.11. The molecule has 0 heterocycles. The van der Waals surface area contributed by atoms with Gasteiger partial charge in [-0.3, -0.25) is 29.8 Å². The van der Waals surface area contributed by atoms with E-state index in [4.69, 9.17) is 46.4 Å². The van der Waals surface area contributed by atoms with Gasteiger partial charge in [0, 0.05) is 51.1 Å². The van der Waals surface area contributed by atoms with Crippen molar-refractivity contribution >= 4 is 81.0 Å². The number of benzene rings is 4. The highest BCUT2D eigenvalue weighted by molar-refractivity contribution is 6.37. The molecule has 0 aliphatic carbocycles. The van der Waals surface area contributed by atoms with Crippen molar-refractivity contribution in [1.82, 2.24) is 0 Å². The molecule has 0 fully saturated rings. The summed E-state index contributed by atoms with van der Waals surface area (Å²) in [5.74, 6) is -1.22. The monoisotopic (exact) mass is 632 g/mol. The van der Waals surface area contributed by atoms with Gasteiger partial charge >= 0.3 is 0 Å². The van der Waals surface area contributed by atoms with E-state index >= 15 is 0 Å². The molecule has 0 atom stereocenters. The molecule has 4 aromatic carbocycles. The summed E-state index contributed by atoms with van der Waals surface area (Å²) in [6.45, 7) is 0. The summed E-state index contributed by atoms with van der Waals surface area (Å²) in [7, 11) is 0. The Labute approximate surface area is 252 Å². The average Bonchev–Trinajstić information content (AvgIpc) is 2.89. The number of rotatable bonds is 8. The number of nitro groups is 2. The molecule has 208 valence electrons. The lowest BCUT2D eigenvalue weighted by atomic mass is 10.0. The minimum atomic E-state index is -0.656. The Morgan fingerprint density at radius 2 is 1.00 bits per heavy atom. The van der Waals surface area contributed by atoms with Crippen molar-refractivity contribution in [3.8, 4) is 0 Å². The van der Waals surface area contributed by atoms with Crippen LogP contribution in [0.2, 0.25) is 20.1 Å². The number of hydrogen-bond acceptors (Lipinski definition) is 6. The van der Waals surface area contributed by atoms with Crippen molar-refractivity contribution < 1.29 is 19.4 Å². The summed E-state index contributed by atoms with van der Waals surface area (Å²) in [6.07, 6.45) is -0.179. The maximum atomic E-state index is 12.6. The zero-order valence-corrected chi connectivity index (χ0v) is 23.5. The molecule has 2 N–H and O–H groups in total. The molecule has 0 spiro atoms. The van der Waals surface area contributed by atoms with E-state index in [2.05, 4.69) is 10.6 Å². The molecule has 4 rings (SSSR count). The second-order valence-corrected chi connectivity index (χ2v) is 10.2. The number of amides is 2. The number of nitrogens with one attached hydrogen (secondary N) is 2. The van der Waals surface area contributed by atoms with Gasteiger partial charge in [0.1, 0.15) is 0 Å². The number of halogens is 4. The van der Waals surface area contributed by atoms with Crippen molar-refractivity contribution in [2.45, 2.75) is 6.42 Å². The molecule has 0 aliphatic heterocycles. The van der Waals surface area contributed by atoms with E-state index in [-0.39, 0.29) is 61.5 Å². The van der Waals surface area contributed by atoms with Gasteiger partial charge in [-0.15, -0.1) is 0 Å². The third-order valence-corrected chi connectivity index (χ3v) is 6.91. The van der Waals surface area contributed by atoms with Gasteiger partial charge in [0.25, 0.3) is 23.2 Å². The summed E-state index contributed by atoms with van der Waals surface area (Å²) < 4.78 is 0. The lowest BCUT2D eigenvalue weighted by molar-refractivity contribution is -0.386. The normalized spacial score (nSPS) is 10.6. The Balaban J connectivity index is 1.58. The van der Waals surface area contributed by atoms with Crippen LogP contribution in [0.15, 0.2) is 72.8 Å². The van der Waals surface area contributed by atoms with Crippen molar-refractivity contribution in [3.05, 3.63) is 135 Å². The fraction of sp³-hybridized carbons (Fsp3) is 0.0370. The van der Waals surface area contributed by atoms with Gasteiger partial charge in [-0.25, -0.2) is 0 Å². The number of anilines is 2. The van der Waals surface area contributed by atoms with Crippen molar-refractivity contribution in [2.24, 2.45) is 0 Å². The second kappa shape index (κ2) is 12.5. The van der Waals surface area contributed by atoms with Crippen LogP contribution in [0.25, 0.3) is 0 Å². The highest BCUT2D eigenvalue weighted by Gasteiger charge is 2.22. The fourth-order valence-electron chi connectivity index (χ4n) is 3.87. The first-order chi connectivity index (χ1) is 19.4. The maximum absolute atomic E-state index is 12.6. The Morgan fingerprint density at radius 3 is 1.34 bits per heavy atom. The Morgan fingerprint density at radius 1 is 0.610 bits per heavy atom. The predicted octanol–water partition coefficient (Wildman–Crippen LogP) is 8.21. The van der Waals surface area contributed by atoms with Crippen LogP contribution in [0.3, 0.4) is 0 Å². The topological polar surface area (TPSA) is 144 Å². The van der Waals surface area contributed by atoms with Crippen molar-refractivity contribution in [2.75, 3.05) is 10.6 Å². The van der Waals surface area contributed by atoms with Crippen LogP contribution in [-0.2, 0) is 6.42 Å². The molecule has 0 aliphatic rings. The molecule has 0 saturated heterocycles. The molecule has 10 nitrogen and oxygen atoms in total. The van der Waals surface area contributed by atoms with Gasteiger partial charge in [-0.05, 0) is 60.7 Å². The molecule has 0 saturated carbocycles. The molecular formula is C27H16Cl4N4O6. The van der Waals surface area contributed by atoms with E-state index in [0.717, 1.165) is 12.1 Å². The summed E-state index contributed by atoms with van der Waals surface area (Å²) in [5.41, 5.74) is 0.0430. The predicted molar refractivity (Wildman–Crippen MR) is 158 cm³/mol. The zero-order valence-electron chi connectivity index (χ0n) is 20.5. The minimum absolute atomic E-state index is 0.101. The van der Waals surface area contributed by atoms with E-state index in [1.807, 2.05) is 0 Å². The molecule has 0 unspecified atom stereocenters. The number of nitro benzene ring substituents is 2. The van der Waals surface area contributed by atoms with Gasteiger partial charge in [0.2, 0.25) is 0 Å². The van der Waals surface area contributed by atoms with Gasteiger partial charge in [-0.2, -0.15) is 0 Å². The van der Waals surface area contributed by atoms with Crippen LogP contribution in [-0.4, -0.2) is 21.7 Å². The number of nitrogens with zero attached hydrogens (tertiary/aromatic N) is 2. The molecule has 2 amide bonds. The number of carbonyl (C=O) groups excluding carboxylic acids is 2. The average molecular weight is 634 g/mol. The molecular weight excluding hydrogens is 618 g/mol. The number of carbonyl (C=O) groups is 2. The third kappa shape index (κ3) is 7.11. The standard InChI is InChI=1S/C27H16Cl4N4O6/c28-16-3-7-20(22(30)10-16)26(36)32-18-5-1-14(24(12-18)34(38)39)9-15-2-6-19(13-25(15)35(40)41)33-27(37)21-8-4-17(29)11-23(21)31/h1-8,10-13H,9H2,(H,32,36)(H,33,37).